The van der Waals surface area contributed by atoms with Crippen LogP contribution < -0.4 is 10.7 Å². The highest BCUT2D eigenvalue weighted by atomic mass is 19.4. The van der Waals surface area contributed by atoms with Crippen molar-refractivity contribution in [1.29, 1.82) is 0 Å². The molecule has 0 heterocycles. The molecule has 0 bridgehead atoms. The average Bonchev–Trinajstić information content (AvgIpc) is 2.59. The van der Waals surface area contributed by atoms with Crippen molar-refractivity contribution in [3.05, 3.63) is 65.5 Å². The van der Waals surface area contributed by atoms with Crippen molar-refractivity contribution in [2.45, 2.75) is 19.5 Å². The number of rotatable bonds is 5. The number of anilines is 1. The van der Waals surface area contributed by atoms with E-state index in [4.69, 9.17) is 0 Å². The van der Waals surface area contributed by atoms with Crippen LogP contribution in [0.4, 0.5) is 23.2 Å². The fourth-order valence-electron chi connectivity index (χ4n) is 2.16. The van der Waals surface area contributed by atoms with Gasteiger partial charge in [0, 0.05) is 5.71 Å². The summed E-state index contributed by atoms with van der Waals surface area (Å²) in [6, 6.07) is 9.82. The number of carbonyl (C=O) groups excluding carboxylic acids is 2. The summed E-state index contributed by atoms with van der Waals surface area (Å²) in [7, 11) is 0. The lowest BCUT2D eigenvalue weighted by Gasteiger charge is -2.13. The number of amides is 2. The Morgan fingerprint density at radius 3 is 2.33 bits per heavy atom. The lowest BCUT2D eigenvalue weighted by atomic mass is 10.1. The standard InChI is InChI=1S/C18H15F4N3O2/c1-11(24-25-17(27)12-6-2-4-8-14(12)19)10-16(26)23-15-9-5-3-7-13(15)18(20,21)22/h2-9H,10H2,1H3,(H,23,26)(H,25,27)/b24-11-. The van der Waals surface area contributed by atoms with Crippen LogP contribution in [-0.4, -0.2) is 17.5 Å². The van der Waals surface area contributed by atoms with E-state index < -0.39 is 29.4 Å². The van der Waals surface area contributed by atoms with E-state index in [2.05, 4.69) is 15.8 Å². The molecule has 2 aromatic rings. The Kier molecular flexibility index (Phi) is 6.27. The summed E-state index contributed by atoms with van der Waals surface area (Å²) in [5.41, 5.74) is 0.647. The molecule has 5 nitrogen and oxygen atoms in total. The van der Waals surface area contributed by atoms with Gasteiger partial charge in [0.15, 0.2) is 0 Å². The Morgan fingerprint density at radius 2 is 1.67 bits per heavy atom. The number of benzene rings is 2. The smallest absolute Gasteiger partial charge is 0.325 e. The quantitative estimate of drug-likeness (QED) is 0.467. The normalized spacial score (nSPS) is 11.8. The molecule has 2 N–H and O–H groups in total. The van der Waals surface area contributed by atoms with Gasteiger partial charge in [-0.25, -0.2) is 9.82 Å². The molecular weight excluding hydrogens is 366 g/mol. The summed E-state index contributed by atoms with van der Waals surface area (Å²) < 4.78 is 52.2. The van der Waals surface area contributed by atoms with Gasteiger partial charge in [-0.3, -0.25) is 9.59 Å². The van der Waals surface area contributed by atoms with E-state index in [1.165, 1.54) is 37.3 Å². The Balaban J connectivity index is 1.99. The number of hydrazone groups is 1. The maximum absolute atomic E-state index is 13.5. The van der Waals surface area contributed by atoms with Gasteiger partial charge in [-0.05, 0) is 31.2 Å². The number of para-hydroxylation sites is 1. The van der Waals surface area contributed by atoms with Crippen molar-refractivity contribution in [2.24, 2.45) is 5.10 Å². The SMILES string of the molecule is C/C(CC(=O)Nc1ccccc1C(F)(F)F)=N/NC(=O)c1ccccc1F. The first-order valence-electron chi connectivity index (χ1n) is 7.72. The maximum Gasteiger partial charge on any atom is 0.418 e. The van der Waals surface area contributed by atoms with Gasteiger partial charge in [-0.1, -0.05) is 24.3 Å². The first kappa shape index (κ1) is 20.1. The van der Waals surface area contributed by atoms with Crippen LogP contribution in [0.15, 0.2) is 53.6 Å². The van der Waals surface area contributed by atoms with E-state index in [0.29, 0.717) is 0 Å². The molecule has 142 valence electrons. The van der Waals surface area contributed by atoms with Crippen molar-refractivity contribution >= 4 is 23.2 Å². The predicted octanol–water partition coefficient (Wildman–Crippen LogP) is 3.98. The molecule has 0 saturated heterocycles. The van der Waals surface area contributed by atoms with Crippen LogP contribution in [0.25, 0.3) is 0 Å². The monoisotopic (exact) mass is 381 g/mol. The Hall–Kier alpha value is -3.23. The zero-order valence-corrected chi connectivity index (χ0v) is 14.1. The molecule has 9 heteroatoms. The lowest BCUT2D eigenvalue weighted by Crippen LogP contribution is -2.23. The summed E-state index contributed by atoms with van der Waals surface area (Å²) >= 11 is 0. The van der Waals surface area contributed by atoms with Gasteiger partial charge in [0.1, 0.15) is 5.82 Å². The molecular formula is C18H15F4N3O2. The third-order valence-electron chi connectivity index (χ3n) is 3.39. The summed E-state index contributed by atoms with van der Waals surface area (Å²) in [6.07, 6.45) is -4.97. The zero-order chi connectivity index (χ0) is 20.0. The molecule has 0 aliphatic rings. The molecule has 2 amide bonds. The van der Waals surface area contributed by atoms with E-state index in [9.17, 15) is 27.2 Å². The second kappa shape index (κ2) is 8.43. The van der Waals surface area contributed by atoms with Gasteiger partial charge >= 0.3 is 6.18 Å². The number of carbonyl (C=O) groups is 2. The van der Waals surface area contributed by atoms with Crippen LogP contribution in [0.1, 0.15) is 29.3 Å². The van der Waals surface area contributed by atoms with Crippen LogP contribution in [0, 0.1) is 5.82 Å². The van der Waals surface area contributed by atoms with E-state index in [1.54, 1.807) is 0 Å². The van der Waals surface area contributed by atoms with Gasteiger partial charge in [-0.15, -0.1) is 0 Å². The second-order valence-electron chi connectivity index (χ2n) is 5.54. The van der Waals surface area contributed by atoms with Crippen LogP contribution in [0.3, 0.4) is 0 Å². The summed E-state index contributed by atoms with van der Waals surface area (Å²) in [5.74, 6) is -2.28. The summed E-state index contributed by atoms with van der Waals surface area (Å²) in [5, 5.41) is 5.83. The molecule has 0 saturated carbocycles. The Morgan fingerprint density at radius 1 is 1.04 bits per heavy atom. The Bertz CT molecular complexity index is 879. The van der Waals surface area contributed by atoms with Gasteiger partial charge in [0.2, 0.25) is 5.91 Å². The lowest BCUT2D eigenvalue weighted by molar-refractivity contribution is -0.137. The van der Waals surface area contributed by atoms with Crippen LogP contribution >= 0.6 is 0 Å². The summed E-state index contributed by atoms with van der Waals surface area (Å²) in [4.78, 5) is 23.8. The molecule has 0 spiro atoms. The third-order valence-corrected chi connectivity index (χ3v) is 3.39. The number of hydrogen-bond donors (Lipinski definition) is 2. The van der Waals surface area contributed by atoms with Crippen LogP contribution in [0.5, 0.6) is 0 Å². The largest absolute Gasteiger partial charge is 0.418 e. The molecule has 0 radical (unpaired) electrons. The number of hydrogen-bond acceptors (Lipinski definition) is 3. The molecule has 2 rings (SSSR count). The highest BCUT2D eigenvalue weighted by Crippen LogP contribution is 2.34. The zero-order valence-electron chi connectivity index (χ0n) is 14.1. The highest BCUT2D eigenvalue weighted by Gasteiger charge is 2.33. The van der Waals surface area contributed by atoms with Crippen molar-refractivity contribution in [3.8, 4) is 0 Å². The molecule has 0 aliphatic carbocycles. The van der Waals surface area contributed by atoms with Crippen molar-refractivity contribution in [3.63, 3.8) is 0 Å². The molecule has 0 fully saturated rings. The van der Waals surface area contributed by atoms with Gasteiger partial charge in [0.25, 0.3) is 5.91 Å². The molecule has 2 aromatic carbocycles. The molecule has 0 atom stereocenters. The van der Waals surface area contributed by atoms with Gasteiger partial charge in [0.05, 0.1) is 23.2 Å². The van der Waals surface area contributed by atoms with Crippen LogP contribution in [-0.2, 0) is 11.0 Å². The maximum atomic E-state index is 13.5. The third kappa shape index (κ3) is 5.63. The van der Waals surface area contributed by atoms with Gasteiger partial charge < -0.3 is 5.32 Å². The predicted molar refractivity (Wildman–Crippen MR) is 91.7 cm³/mol. The highest BCUT2D eigenvalue weighted by molar-refractivity contribution is 6.06. The van der Waals surface area contributed by atoms with E-state index >= 15 is 0 Å². The molecule has 0 aromatic heterocycles. The number of nitrogens with one attached hydrogen (secondary N) is 2. The minimum atomic E-state index is -4.61. The van der Waals surface area contributed by atoms with Gasteiger partial charge in [-0.2, -0.15) is 18.3 Å². The van der Waals surface area contributed by atoms with E-state index in [-0.39, 0.29) is 23.4 Å². The number of halogens is 4. The molecule has 0 aliphatic heterocycles. The fourth-order valence-corrected chi connectivity index (χ4v) is 2.16. The minimum Gasteiger partial charge on any atom is -0.325 e. The van der Waals surface area contributed by atoms with Crippen LogP contribution in [0.2, 0.25) is 0 Å². The molecule has 0 unspecified atom stereocenters. The Labute approximate surface area is 152 Å². The summed E-state index contributed by atoms with van der Waals surface area (Å²) in [6.45, 7) is 1.40. The first-order valence-corrected chi connectivity index (χ1v) is 7.72. The van der Waals surface area contributed by atoms with Crippen molar-refractivity contribution in [1.82, 2.24) is 5.43 Å². The minimum absolute atomic E-state index is 0.127. The topological polar surface area (TPSA) is 70.6 Å². The first-order chi connectivity index (χ1) is 12.7. The van der Waals surface area contributed by atoms with Crippen molar-refractivity contribution < 1.29 is 27.2 Å². The number of alkyl halides is 3. The number of nitrogens with zero attached hydrogens (tertiary/aromatic N) is 1. The van der Waals surface area contributed by atoms with Crippen molar-refractivity contribution in [2.75, 3.05) is 5.32 Å². The second-order valence-corrected chi connectivity index (χ2v) is 5.54. The molecule has 27 heavy (non-hydrogen) atoms. The van der Waals surface area contributed by atoms with E-state index in [0.717, 1.165) is 18.2 Å². The van der Waals surface area contributed by atoms with E-state index in [1.807, 2.05) is 0 Å². The average molecular weight is 381 g/mol. The fraction of sp³-hybridized carbons (Fsp3) is 0.167.